The van der Waals surface area contributed by atoms with E-state index in [1.807, 2.05) is 35.7 Å². The number of methoxy groups -OCH3 is 1. The van der Waals surface area contributed by atoms with E-state index < -0.39 is 5.97 Å². The van der Waals surface area contributed by atoms with Crippen LogP contribution in [0.25, 0.3) is 11.1 Å². The number of carbonyl (C=O) groups is 2. The molecule has 0 saturated carbocycles. The van der Waals surface area contributed by atoms with Crippen molar-refractivity contribution in [2.45, 2.75) is 6.42 Å². The number of thiophene rings is 1. The second-order valence-corrected chi connectivity index (χ2v) is 6.44. The molecule has 0 saturated heterocycles. The fourth-order valence-corrected chi connectivity index (χ4v) is 3.52. The van der Waals surface area contributed by atoms with Crippen LogP contribution < -0.4 is 5.32 Å². The van der Waals surface area contributed by atoms with Crippen molar-refractivity contribution < 1.29 is 18.7 Å². The maximum Gasteiger partial charge on any atom is 0.341 e. The van der Waals surface area contributed by atoms with Gasteiger partial charge >= 0.3 is 5.97 Å². The lowest BCUT2D eigenvalue weighted by atomic mass is 10.0. The summed E-state index contributed by atoms with van der Waals surface area (Å²) in [7, 11) is 1.30. The van der Waals surface area contributed by atoms with Crippen LogP contribution in [0.4, 0.5) is 9.39 Å². The molecule has 3 rings (SSSR count). The molecule has 1 aromatic heterocycles. The van der Waals surface area contributed by atoms with Crippen molar-refractivity contribution in [2.24, 2.45) is 0 Å². The minimum atomic E-state index is -0.512. The summed E-state index contributed by atoms with van der Waals surface area (Å²) in [5, 5.41) is 5.01. The van der Waals surface area contributed by atoms with Crippen LogP contribution in [0.3, 0.4) is 0 Å². The van der Waals surface area contributed by atoms with Crippen molar-refractivity contribution >= 4 is 28.2 Å². The maximum absolute atomic E-state index is 13.0. The summed E-state index contributed by atoms with van der Waals surface area (Å²) < 4.78 is 17.9. The lowest BCUT2D eigenvalue weighted by Crippen LogP contribution is -2.16. The van der Waals surface area contributed by atoms with E-state index in [1.165, 1.54) is 30.6 Å². The molecule has 0 spiro atoms. The van der Waals surface area contributed by atoms with Gasteiger partial charge < -0.3 is 10.1 Å². The van der Waals surface area contributed by atoms with Gasteiger partial charge in [0, 0.05) is 10.9 Å². The maximum atomic E-state index is 13.0. The number of hydrogen-bond acceptors (Lipinski definition) is 4. The van der Waals surface area contributed by atoms with Gasteiger partial charge in [-0.05, 0) is 23.3 Å². The van der Waals surface area contributed by atoms with E-state index in [0.29, 0.717) is 21.7 Å². The van der Waals surface area contributed by atoms with E-state index >= 15 is 0 Å². The van der Waals surface area contributed by atoms with Crippen molar-refractivity contribution in [3.63, 3.8) is 0 Å². The fourth-order valence-electron chi connectivity index (χ4n) is 2.54. The van der Waals surface area contributed by atoms with Crippen molar-refractivity contribution in [2.75, 3.05) is 12.4 Å². The third-order valence-corrected chi connectivity index (χ3v) is 4.69. The van der Waals surface area contributed by atoms with Crippen LogP contribution in [-0.4, -0.2) is 19.0 Å². The highest BCUT2D eigenvalue weighted by Crippen LogP contribution is 2.36. The van der Waals surface area contributed by atoms with E-state index in [2.05, 4.69) is 5.32 Å². The highest BCUT2D eigenvalue weighted by molar-refractivity contribution is 7.15. The Balaban J connectivity index is 1.85. The normalized spacial score (nSPS) is 10.4. The van der Waals surface area contributed by atoms with Crippen molar-refractivity contribution in [1.29, 1.82) is 0 Å². The molecule has 1 heterocycles. The molecule has 0 bridgehead atoms. The van der Waals surface area contributed by atoms with Gasteiger partial charge in [-0.1, -0.05) is 42.5 Å². The average Bonchev–Trinajstić information content (AvgIpc) is 3.07. The molecule has 6 heteroatoms. The average molecular weight is 369 g/mol. The van der Waals surface area contributed by atoms with E-state index in [4.69, 9.17) is 4.74 Å². The molecule has 0 fully saturated rings. The SMILES string of the molecule is COC(=O)c1c(-c2ccccc2)csc1NC(=O)Cc1ccc(F)cc1. The third-order valence-electron chi connectivity index (χ3n) is 3.80. The summed E-state index contributed by atoms with van der Waals surface area (Å²) in [6.45, 7) is 0. The Morgan fingerprint density at radius 1 is 1.08 bits per heavy atom. The smallest absolute Gasteiger partial charge is 0.341 e. The van der Waals surface area contributed by atoms with Crippen LogP contribution in [0, 0.1) is 5.82 Å². The third kappa shape index (κ3) is 3.97. The highest BCUT2D eigenvalue weighted by Gasteiger charge is 2.22. The molecule has 0 aliphatic carbocycles. The lowest BCUT2D eigenvalue weighted by molar-refractivity contribution is -0.115. The van der Waals surface area contributed by atoms with Crippen molar-refractivity contribution in [1.82, 2.24) is 0 Å². The van der Waals surface area contributed by atoms with Gasteiger partial charge in [0.1, 0.15) is 16.4 Å². The number of nitrogens with one attached hydrogen (secondary N) is 1. The Morgan fingerprint density at radius 2 is 1.77 bits per heavy atom. The molecule has 4 nitrogen and oxygen atoms in total. The Kier molecular flexibility index (Phi) is 5.43. The number of carbonyl (C=O) groups excluding carboxylic acids is 2. The monoisotopic (exact) mass is 369 g/mol. The topological polar surface area (TPSA) is 55.4 Å². The first kappa shape index (κ1) is 17.8. The molecular formula is C20H16FNO3S. The first-order valence-electron chi connectivity index (χ1n) is 7.88. The number of amides is 1. The standard InChI is InChI=1S/C20H16FNO3S/c1-25-20(24)18-16(14-5-3-2-4-6-14)12-26-19(18)22-17(23)11-13-7-9-15(21)10-8-13/h2-10,12H,11H2,1H3,(H,22,23). The van der Waals surface area contributed by atoms with Gasteiger partial charge in [-0.3, -0.25) is 4.79 Å². The summed E-state index contributed by atoms with van der Waals surface area (Å²) in [4.78, 5) is 24.6. The Bertz CT molecular complexity index is 920. The van der Waals surface area contributed by atoms with Gasteiger partial charge in [0.15, 0.2) is 0 Å². The first-order chi connectivity index (χ1) is 12.6. The molecule has 0 unspecified atom stereocenters. The van der Waals surface area contributed by atoms with E-state index in [1.54, 1.807) is 12.1 Å². The quantitative estimate of drug-likeness (QED) is 0.673. The van der Waals surface area contributed by atoms with Crippen LogP contribution in [-0.2, 0) is 16.0 Å². The summed E-state index contributed by atoms with van der Waals surface area (Å²) in [5.41, 5.74) is 2.59. The number of hydrogen-bond donors (Lipinski definition) is 1. The number of ether oxygens (including phenoxy) is 1. The number of benzene rings is 2. The molecular weight excluding hydrogens is 353 g/mol. The predicted molar refractivity (Wildman–Crippen MR) is 99.8 cm³/mol. The van der Waals surface area contributed by atoms with Gasteiger partial charge in [-0.25, -0.2) is 9.18 Å². The van der Waals surface area contributed by atoms with Gasteiger partial charge in [0.25, 0.3) is 0 Å². The zero-order valence-corrected chi connectivity index (χ0v) is 14.8. The Labute approximate surface area is 154 Å². The van der Waals surface area contributed by atoms with Gasteiger partial charge in [-0.15, -0.1) is 11.3 Å². The van der Waals surface area contributed by atoms with Crippen LogP contribution in [0.1, 0.15) is 15.9 Å². The van der Waals surface area contributed by atoms with Crippen molar-refractivity contribution in [3.05, 3.63) is 76.9 Å². The molecule has 0 radical (unpaired) electrons. The lowest BCUT2D eigenvalue weighted by Gasteiger charge is -2.08. The molecule has 3 aromatic rings. The minimum absolute atomic E-state index is 0.0828. The number of esters is 1. The van der Waals surface area contributed by atoms with E-state index in [0.717, 1.165) is 5.56 Å². The second kappa shape index (κ2) is 7.93. The molecule has 1 amide bonds. The van der Waals surface area contributed by atoms with E-state index in [9.17, 15) is 14.0 Å². The Morgan fingerprint density at radius 3 is 2.42 bits per heavy atom. The number of halogens is 1. The number of rotatable bonds is 5. The van der Waals surface area contributed by atoms with Crippen LogP contribution in [0.15, 0.2) is 60.0 Å². The van der Waals surface area contributed by atoms with Crippen LogP contribution in [0.5, 0.6) is 0 Å². The minimum Gasteiger partial charge on any atom is -0.465 e. The molecule has 0 aliphatic heterocycles. The van der Waals surface area contributed by atoms with E-state index in [-0.39, 0.29) is 18.1 Å². The van der Waals surface area contributed by atoms with Gasteiger partial charge in [-0.2, -0.15) is 0 Å². The van der Waals surface area contributed by atoms with Gasteiger partial charge in [0.05, 0.1) is 13.5 Å². The zero-order chi connectivity index (χ0) is 18.5. The molecule has 2 aromatic carbocycles. The van der Waals surface area contributed by atoms with Gasteiger partial charge in [0.2, 0.25) is 5.91 Å². The molecule has 0 aliphatic rings. The summed E-state index contributed by atoms with van der Waals surface area (Å²) in [6, 6.07) is 15.1. The van der Waals surface area contributed by atoms with Crippen LogP contribution in [0.2, 0.25) is 0 Å². The highest BCUT2D eigenvalue weighted by atomic mass is 32.1. The van der Waals surface area contributed by atoms with Crippen LogP contribution >= 0.6 is 11.3 Å². The first-order valence-corrected chi connectivity index (χ1v) is 8.76. The van der Waals surface area contributed by atoms with Crippen molar-refractivity contribution in [3.8, 4) is 11.1 Å². The molecule has 132 valence electrons. The molecule has 26 heavy (non-hydrogen) atoms. The molecule has 0 atom stereocenters. The summed E-state index contributed by atoms with van der Waals surface area (Å²) >= 11 is 1.26. The fraction of sp³-hybridized carbons (Fsp3) is 0.100. The largest absolute Gasteiger partial charge is 0.465 e. The second-order valence-electron chi connectivity index (χ2n) is 5.56. The Hall–Kier alpha value is -2.99. The predicted octanol–water partition coefficient (Wildman–Crippen LogP) is 4.52. The summed E-state index contributed by atoms with van der Waals surface area (Å²) in [5.74, 6) is -1.15. The zero-order valence-electron chi connectivity index (χ0n) is 14.0. The summed E-state index contributed by atoms with van der Waals surface area (Å²) in [6.07, 6.45) is 0.0828. The number of anilines is 1. The molecule has 1 N–H and O–H groups in total.